The summed E-state index contributed by atoms with van der Waals surface area (Å²) in [5.74, 6) is 0. The van der Waals surface area contributed by atoms with Crippen LogP contribution >= 0.6 is 16.1 Å². The van der Waals surface area contributed by atoms with Gasteiger partial charge in [0, 0.05) is 6.54 Å². The van der Waals surface area contributed by atoms with Crippen LogP contribution in [0.4, 0.5) is 4.79 Å². The van der Waals surface area contributed by atoms with Gasteiger partial charge >= 0.3 is 6.09 Å². The maximum absolute atomic E-state index is 9.97. The van der Waals surface area contributed by atoms with E-state index >= 15 is 0 Å². The highest BCUT2D eigenvalue weighted by Crippen LogP contribution is 1.97. The van der Waals surface area contributed by atoms with Gasteiger partial charge in [0.15, 0.2) is 0 Å². The summed E-state index contributed by atoms with van der Waals surface area (Å²) in [6.07, 6.45) is -0.107. The average Bonchev–Trinajstić information content (AvgIpc) is 1.67. The van der Waals surface area contributed by atoms with Gasteiger partial charge in [-0.15, -0.1) is 0 Å². The molecule has 0 aliphatic heterocycles. The number of rotatable bonds is 2. The van der Waals surface area contributed by atoms with Gasteiger partial charge in [-0.2, -0.15) is 0 Å². The van der Waals surface area contributed by atoms with E-state index in [0.717, 1.165) is 10.3 Å². The van der Waals surface area contributed by atoms with Crippen molar-refractivity contribution < 1.29 is 9.90 Å². The van der Waals surface area contributed by atoms with E-state index < -0.39 is 6.09 Å². The monoisotopic (exact) mass is 181 g/mol. The van der Waals surface area contributed by atoms with E-state index in [1.165, 1.54) is 0 Å². The molecule has 8 heavy (non-hydrogen) atoms. The predicted molar refractivity (Wildman–Crippen MR) is 33.9 cm³/mol. The van der Waals surface area contributed by atoms with Crippen molar-refractivity contribution in [3.05, 3.63) is 0 Å². The predicted octanol–water partition coefficient (Wildman–Crippen LogP) is 1.69. The van der Waals surface area contributed by atoms with Crippen molar-refractivity contribution in [2.75, 3.05) is 6.54 Å². The number of carboxylic acid groups (broad SMARTS) is 1. The van der Waals surface area contributed by atoms with Crippen molar-refractivity contribution in [3.63, 3.8) is 0 Å². The summed E-state index contributed by atoms with van der Waals surface area (Å²) in [6, 6.07) is 0. The quantitative estimate of drug-likeness (QED) is 0.660. The molecule has 0 saturated heterocycles. The molecule has 0 fully saturated rings. The van der Waals surface area contributed by atoms with Gasteiger partial charge in [0.05, 0.1) is 16.1 Å². The molecule has 0 aliphatic carbocycles. The highest BCUT2D eigenvalue weighted by atomic mass is 79.9. The van der Waals surface area contributed by atoms with Crippen LogP contribution in [0.5, 0.6) is 0 Å². The van der Waals surface area contributed by atoms with Gasteiger partial charge < -0.3 is 5.11 Å². The highest BCUT2D eigenvalue weighted by Gasteiger charge is 2.03. The maximum atomic E-state index is 9.97. The summed E-state index contributed by atoms with van der Waals surface area (Å²) >= 11 is 2.84. The molecule has 1 N–H and O–H groups in total. The van der Waals surface area contributed by atoms with E-state index in [4.69, 9.17) is 5.11 Å². The molecule has 0 aliphatic rings. The molecule has 0 unspecified atom stereocenters. The molecule has 0 aromatic rings. The minimum Gasteiger partial charge on any atom is -0.464 e. The first-order valence-electron chi connectivity index (χ1n) is 2.34. The molecule has 1 amide bonds. The Balaban J connectivity index is 3.32. The van der Waals surface area contributed by atoms with Gasteiger partial charge in [0.1, 0.15) is 0 Å². The topological polar surface area (TPSA) is 40.5 Å². The lowest BCUT2D eigenvalue weighted by Gasteiger charge is -2.05. The van der Waals surface area contributed by atoms with E-state index in [-0.39, 0.29) is 0 Å². The van der Waals surface area contributed by atoms with E-state index in [0.29, 0.717) is 6.54 Å². The van der Waals surface area contributed by atoms with Crippen LogP contribution in [-0.4, -0.2) is 21.7 Å². The molecule has 0 rings (SSSR count). The van der Waals surface area contributed by atoms with Gasteiger partial charge in [0.25, 0.3) is 0 Å². The Labute approximate surface area is 56.6 Å². The van der Waals surface area contributed by atoms with Crippen LogP contribution in [0.1, 0.15) is 13.3 Å². The fraction of sp³-hybridized carbons (Fsp3) is 0.750. The number of carbonyl (C=O) groups is 1. The lowest BCUT2D eigenvalue weighted by molar-refractivity contribution is 0.177. The Hall–Kier alpha value is -0.250. The van der Waals surface area contributed by atoms with Gasteiger partial charge in [-0.1, -0.05) is 6.92 Å². The van der Waals surface area contributed by atoms with Crippen molar-refractivity contribution in [2.24, 2.45) is 0 Å². The molecule has 3 nitrogen and oxygen atoms in total. The van der Waals surface area contributed by atoms with Crippen LogP contribution < -0.4 is 0 Å². The summed E-state index contributed by atoms with van der Waals surface area (Å²) < 4.78 is 1.08. The summed E-state index contributed by atoms with van der Waals surface area (Å²) in [5.41, 5.74) is 0. The highest BCUT2D eigenvalue weighted by molar-refractivity contribution is 9.07. The Morgan fingerprint density at radius 2 is 2.38 bits per heavy atom. The number of hydrogen-bond donors (Lipinski definition) is 1. The lowest BCUT2D eigenvalue weighted by atomic mass is 10.5. The van der Waals surface area contributed by atoms with Crippen LogP contribution in [0, 0.1) is 0 Å². The van der Waals surface area contributed by atoms with Crippen LogP contribution in [0.2, 0.25) is 0 Å². The Kier molecular flexibility index (Phi) is 3.60. The van der Waals surface area contributed by atoms with Crippen LogP contribution in [0.25, 0.3) is 0 Å². The molecule has 0 atom stereocenters. The second-order valence-corrected chi connectivity index (χ2v) is 2.22. The summed E-state index contributed by atoms with van der Waals surface area (Å²) in [4.78, 5) is 9.97. The fourth-order valence-corrected chi connectivity index (χ4v) is 0.647. The first-order valence-corrected chi connectivity index (χ1v) is 3.05. The van der Waals surface area contributed by atoms with E-state index in [1.54, 1.807) is 0 Å². The fourth-order valence-electron chi connectivity index (χ4n) is 0.292. The molecule has 0 saturated carbocycles. The average molecular weight is 182 g/mol. The van der Waals surface area contributed by atoms with Crippen molar-refractivity contribution in [1.29, 1.82) is 0 Å². The second-order valence-electron chi connectivity index (χ2n) is 1.37. The lowest BCUT2D eigenvalue weighted by Crippen LogP contribution is -2.18. The molecular formula is C4H8BrNO2. The maximum Gasteiger partial charge on any atom is 0.417 e. The SMILES string of the molecule is CCCN(Br)C(=O)O. The third kappa shape index (κ3) is 2.85. The standard InChI is InChI=1S/C4H8BrNO2/c1-2-3-6(5)4(7)8/h2-3H2,1H3,(H,7,8). The first kappa shape index (κ1) is 7.75. The van der Waals surface area contributed by atoms with Gasteiger partial charge in [0.2, 0.25) is 0 Å². The van der Waals surface area contributed by atoms with Crippen molar-refractivity contribution in [2.45, 2.75) is 13.3 Å². The molecule has 4 heteroatoms. The molecule has 0 aromatic heterocycles. The van der Waals surface area contributed by atoms with Crippen molar-refractivity contribution >= 4 is 22.2 Å². The van der Waals surface area contributed by atoms with E-state index in [1.807, 2.05) is 6.92 Å². The van der Waals surface area contributed by atoms with Crippen LogP contribution in [-0.2, 0) is 0 Å². The zero-order valence-electron chi connectivity index (χ0n) is 4.59. The van der Waals surface area contributed by atoms with E-state index in [9.17, 15) is 4.79 Å². The number of amides is 1. The number of halogens is 1. The smallest absolute Gasteiger partial charge is 0.417 e. The van der Waals surface area contributed by atoms with Gasteiger partial charge in [-0.25, -0.2) is 8.72 Å². The molecule has 0 radical (unpaired) electrons. The minimum absolute atomic E-state index is 0.537. The van der Waals surface area contributed by atoms with E-state index in [2.05, 4.69) is 16.1 Å². The Bertz CT molecular complexity index is 86.1. The largest absolute Gasteiger partial charge is 0.464 e. The second kappa shape index (κ2) is 3.72. The molecular weight excluding hydrogens is 174 g/mol. The van der Waals surface area contributed by atoms with Gasteiger partial charge in [-0.3, -0.25) is 0 Å². The van der Waals surface area contributed by atoms with Crippen LogP contribution in [0.3, 0.4) is 0 Å². The van der Waals surface area contributed by atoms with Gasteiger partial charge in [-0.05, 0) is 6.42 Å². The zero-order chi connectivity index (χ0) is 6.57. The van der Waals surface area contributed by atoms with Crippen LogP contribution in [0.15, 0.2) is 0 Å². The Morgan fingerprint density at radius 3 is 2.50 bits per heavy atom. The summed E-state index contributed by atoms with van der Waals surface area (Å²) in [6.45, 7) is 2.45. The summed E-state index contributed by atoms with van der Waals surface area (Å²) in [7, 11) is 0. The molecule has 0 heterocycles. The minimum atomic E-state index is -0.938. The molecule has 48 valence electrons. The normalized spacial score (nSPS) is 8.75. The molecule has 0 bridgehead atoms. The summed E-state index contributed by atoms with van der Waals surface area (Å²) in [5, 5.41) is 8.19. The number of hydrogen-bond acceptors (Lipinski definition) is 1. The third-order valence-electron chi connectivity index (χ3n) is 0.627. The third-order valence-corrected chi connectivity index (χ3v) is 1.29. The first-order chi connectivity index (χ1) is 3.68. The van der Waals surface area contributed by atoms with Crippen molar-refractivity contribution in [1.82, 2.24) is 3.93 Å². The molecule has 0 spiro atoms. The molecule has 0 aromatic carbocycles. The number of nitrogens with zero attached hydrogens (tertiary/aromatic N) is 1. The van der Waals surface area contributed by atoms with Crippen molar-refractivity contribution in [3.8, 4) is 0 Å². The zero-order valence-corrected chi connectivity index (χ0v) is 6.18. The Morgan fingerprint density at radius 1 is 1.88 bits per heavy atom.